The molecule has 13 aromatic rings. The number of fused-ring (bicyclic) bond motifs is 4. The number of ketones is 4. The third kappa shape index (κ3) is 18.6. The van der Waals surface area contributed by atoms with Crippen molar-refractivity contribution in [3.63, 3.8) is 0 Å². The molecular weight excluding hydrogens is 1400 g/mol. The molecule has 0 atom stereocenters. The highest BCUT2D eigenvalue weighted by Gasteiger charge is 2.33. The van der Waals surface area contributed by atoms with Gasteiger partial charge >= 0.3 is 24.1 Å². The highest BCUT2D eigenvalue weighted by molar-refractivity contribution is 6.16. The number of aryl methyl sites for hydroxylation is 1. The summed E-state index contributed by atoms with van der Waals surface area (Å²) in [7, 11) is 1.76. The third-order valence-electron chi connectivity index (χ3n) is 18.0. The molecule has 0 radical (unpaired) electrons. The van der Waals surface area contributed by atoms with Gasteiger partial charge in [-0.2, -0.15) is 0 Å². The molecule has 4 aromatic carbocycles. The molecule has 0 aliphatic heterocycles. The van der Waals surface area contributed by atoms with E-state index in [0.29, 0.717) is 117 Å². The zero-order chi connectivity index (χ0) is 77.4. The van der Waals surface area contributed by atoms with Crippen molar-refractivity contribution in [2.24, 2.45) is 24.8 Å². The number of urea groups is 4. The van der Waals surface area contributed by atoms with Crippen molar-refractivity contribution in [2.75, 3.05) is 47.4 Å². The SMILES string of the molecule is CCNC(=O)Nc1nc2c(C(=O)C3CC3)cc(-c3cccnc3)cc2[nH]1.CCNC(=O)Nc1nc2c(C(=O)C3CCCC3)cc(-c3cccnc3)cc2[nH]1.CCNC(=O)Nc1nc2c(C(=O)CC(C)C)cc(-c3cccnc3)cc2[nH]1.CCNC(=O)Nc1nc2c(C(=O)c3nccn3C)cc(-c3cccnc3)cc2[nH]1. The highest BCUT2D eigenvalue weighted by atomic mass is 16.2. The molecule has 2 fully saturated rings. The van der Waals surface area contributed by atoms with Crippen LogP contribution in [-0.4, -0.2) is 143 Å². The van der Waals surface area contributed by atoms with Crippen LogP contribution in [0.15, 0.2) is 159 Å². The molecule has 15 rings (SSSR count). The Kier molecular flexibility index (Phi) is 24.3. The summed E-state index contributed by atoms with van der Waals surface area (Å²) in [5.41, 5.74) is 14.1. The Bertz CT molecular complexity index is 5490. The number of carbonyl (C=O) groups excluding carboxylic acids is 8. The lowest BCUT2D eigenvalue weighted by atomic mass is 9.93. The fourth-order valence-corrected chi connectivity index (χ4v) is 12.7. The Hall–Kier alpha value is -13.7. The second-order valence-corrected chi connectivity index (χ2v) is 26.6. The van der Waals surface area contributed by atoms with Gasteiger partial charge in [0, 0.05) is 152 Å². The van der Waals surface area contributed by atoms with Crippen LogP contribution < -0.4 is 42.5 Å². The number of Topliss-reactive ketones (excluding diaryl/α,β-unsaturated/α-hetero) is 3. The number of rotatable bonds is 21. The summed E-state index contributed by atoms with van der Waals surface area (Å²) in [6.45, 7) is 13.4. The number of hydrogen-bond donors (Lipinski definition) is 12. The maximum absolute atomic E-state index is 13.2. The van der Waals surface area contributed by atoms with Crippen LogP contribution in [0, 0.1) is 17.8 Å². The van der Waals surface area contributed by atoms with Crippen molar-refractivity contribution < 1.29 is 38.4 Å². The van der Waals surface area contributed by atoms with Crippen molar-refractivity contribution in [2.45, 2.75) is 86.5 Å². The molecule has 30 nitrogen and oxygen atoms in total. The molecule has 0 saturated heterocycles. The molecule has 2 saturated carbocycles. The first kappa shape index (κ1) is 76.0. The minimum atomic E-state index is -0.379. The molecule has 9 heterocycles. The number of nitrogens with zero attached hydrogens (tertiary/aromatic N) is 10. The van der Waals surface area contributed by atoms with Crippen molar-refractivity contribution in [1.29, 1.82) is 0 Å². The molecule has 2 aliphatic carbocycles. The van der Waals surface area contributed by atoms with E-state index in [1.165, 1.54) is 0 Å². The van der Waals surface area contributed by atoms with E-state index in [9.17, 15) is 38.4 Å². The quantitative estimate of drug-likeness (QED) is 0.0297. The summed E-state index contributed by atoms with van der Waals surface area (Å²) in [5, 5.41) is 21.3. The molecule has 562 valence electrons. The molecule has 0 bridgehead atoms. The maximum atomic E-state index is 13.2. The maximum Gasteiger partial charge on any atom is 0.321 e. The Balaban J connectivity index is 0.000000137. The Morgan fingerprint density at radius 2 is 0.736 bits per heavy atom. The fraction of sp³-hybridized carbons (Fsp3) is 0.263. The molecule has 12 N–H and O–H groups in total. The largest absolute Gasteiger partial charge is 0.338 e. The molecule has 9 aromatic heterocycles. The number of amides is 8. The highest BCUT2D eigenvalue weighted by Crippen LogP contribution is 2.38. The van der Waals surface area contributed by atoms with Gasteiger partial charge in [0.15, 0.2) is 23.2 Å². The van der Waals surface area contributed by atoms with Gasteiger partial charge in [-0.25, -0.2) is 44.1 Å². The zero-order valence-electron chi connectivity index (χ0n) is 61.8. The van der Waals surface area contributed by atoms with Crippen molar-refractivity contribution in [3.8, 4) is 44.5 Å². The molecular formula is C80H84N22O8. The van der Waals surface area contributed by atoms with Crippen LogP contribution in [0.3, 0.4) is 0 Å². The van der Waals surface area contributed by atoms with Gasteiger partial charge in [0.2, 0.25) is 29.6 Å². The van der Waals surface area contributed by atoms with E-state index in [1.54, 1.807) is 79.6 Å². The zero-order valence-corrected chi connectivity index (χ0v) is 61.8. The average Bonchev–Trinajstić information content (AvgIpc) is 1.59. The van der Waals surface area contributed by atoms with Crippen molar-refractivity contribution >= 4 is 115 Å². The van der Waals surface area contributed by atoms with Gasteiger partial charge in [-0.15, -0.1) is 0 Å². The van der Waals surface area contributed by atoms with Gasteiger partial charge in [-0.05, 0) is 154 Å². The lowest BCUT2D eigenvalue weighted by molar-refractivity contribution is 0.0922. The van der Waals surface area contributed by atoms with Gasteiger partial charge in [-0.3, -0.25) is 60.4 Å². The van der Waals surface area contributed by atoms with Gasteiger partial charge in [0.1, 0.15) is 22.1 Å². The number of imidazole rings is 5. The molecule has 0 unspecified atom stereocenters. The Morgan fingerprint density at radius 3 is 1.04 bits per heavy atom. The molecule has 0 spiro atoms. The van der Waals surface area contributed by atoms with E-state index in [0.717, 1.165) is 88.5 Å². The summed E-state index contributed by atoms with van der Waals surface area (Å²) >= 11 is 0. The van der Waals surface area contributed by atoms with E-state index in [4.69, 9.17) is 0 Å². The summed E-state index contributed by atoms with van der Waals surface area (Å²) in [4.78, 5) is 150. The van der Waals surface area contributed by atoms with Crippen LogP contribution in [0.25, 0.3) is 88.6 Å². The van der Waals surface area contributed by atoms with Crippen LogP contribution in [-0.2, 0) is 7.05 Å². The number of H-pyrrole nitrogens is 4. The monoisotopic (exact) mass is 1480 g/mol. The lowest BCUT2D eigenvalue weighted by Gasteiger charge is -2.10. The number of carbonyl (C=O) groups is 8. The molecule has 8 amide bonds. The normalized spacial score (nSPS) is 12.4. The second-order valence-electron chi connectivity index (χ2n) is 26.6. The first-order chi connectivity index (χ1) is 53.3. The summed E-state index contributed by atoms with van der Waals surface area (Å²) in [6.07, 6.45) is 23.4. The molecule has 30 heteroatoms. The van der Waals surface area contributed by atoms with E-state index in [1.807, 2.05) is 133 Å². The van der Waals surface area contributed by atoms with Crippen molar-refractivity contribution in [3.05, 3.63) is 187 Å². The molecule has 2 aliphatic rings. The van der Waals surface area contributed by atoms with Crippen LogP contribution in [0.1, 0.15) is 134 Å². The predicted octanol–water partition coefficient (Wildman–Crippen LogP) is 14.2. The van der Waals surface area contributed by atoms with Gasteiger partial charge < -0.3 is 45.8 Å². The third-order valence-corrected chi connectivity index (χ3v) is 18.0. The Labute approximate surface area is 631 Å². The van der Waals surface area contributed by atoms with Gasteiger partial charge in [0.25, 0.3) is 0 Å². The number of pyridine rings is 4. The van der Waals surface area contributed by atoms with Crippen molar-refractivity contribution in [1.82, 2.24) is 90.6 Å². The smallest absolute Gasteiger partial charge is 0.321 e. The minimum Gasteiger partial charge on any atom is -0.338 e. The fourth-order valence-electron chi connectivity index (χ4n) is 12.7. The van der Waals surface area contributed by atoms with Crippen LogP contribution in [0.5, 0.6) is 0 Å². The average molecular weight is 1480 g/mol. The van der Waals surface area contributed by atoms with Gasteiger partial charge in [0.05, 0.1) is 27.6 Å². The number of benzene rings is 4. The first-order valence-electron chi connectivity index (χ1n) is 36.4. The molecule has 110 heavy (non-hydrogen) atoms. The first-order valence-corrected chi connectivity index (χ1v) is 36.4. The van der Waals surface area contributed by atoms with Crippen LogP contribution in [0.2, 0.25) is 0 Å². The number of hydrogen-bond acceptors (Lipinski definition) is 17. The van der Waals surface area contributed by atoms with Crippen LogP contribution in [0.4, 0.5) is 43.0 Å². The predicted molar refractivity (Wildman–Crippen MR) is 422 cm³/mol. The number of nitrogens with one attached hydrogen (secondary N) is 12. The second kappa shape index (κ2) is 35.2. The number of aromatic nitrogens is 14. The lowest BCUT2D eigenvalue weighted by Crippen LogP contribution is -2.28. The van der Waals surface area contributed by atoms with E-state index in [-0.39, 0.29) is 71.0 Å². The summed E-state index contributed by atoms with van der Waals surface area (Å²) in [5.74, 6) is 1.87. The van der Waals surface area contributed by atoms with E-state index >= 15 is 0 Å². The number of aromatic amines is 4. The van der Waals surface area contributed by atoms with Crippen LogP contribution >= 0.6 is 0 Å². The summed E-state index contributed by atoms with van der Waals surface area (Å²) < 4.78 is 1.66. The Morgan fingerprint density at radius 1 is 0.418 bits per heavy atom. The topological polar surface area (TPSA) is 417 Å². The van der Waals surface area contributed by atoms with E-state index in [2.05, 4.69) is 107 Å². The van der Waals surface area contributed by atoms with Gasteiger partial charge in [-0.1, -0.05) is 51.0 Å². The minimum absolute atomic E-state index is 0.0248. The van der Waals surface area contributed by atoms with E-state index < -0.39 is 0 Å². The standard InChI is InChI=1S/C21H23N5O2.C20H19N7O2.C20H23N5O2.C19H19N5O2/c1-2-23-21(28)26-20-24-17-11-15(14-8-5-9-22-12-14)10-16(18(17)25-20)19(27)13-6-3-4-7-13;1-3-22-20(29)26-19-24-15-10-13(12-5-4-6-21-11-12)9-14(16(15)25-19)17(28)18-23-7-8-27(18)2;1-4-22-20(27)25-19-23-16-10-14(13-6-5-7-21-11-13)9-15(18(16)24-19)17(26)8-12(2)3;1-2-21-19(26)24-18-22-15-9-13(12-4-3-7-20-10-12)8-14(16(15)23-18)17(25)11-5-6-11/h5,8-13H,2-4,6-7H2,1H3,(H3,23,24,25,26,28);4-11H,3H2,1-2H3,(H3,22,24,25,26,29);5-7,9-12H,4,8H2,1-3H3,(H3,22,23,24,25,27);3-4,7-11H,2,5-6H2,1H3,(H3,21,22,23,24,26). The number of anilines is 4. The summed E-state index contributed by atoms with van der Waals surface area (Å²) in [6, 6.07) is 28.8.